The lowest BCUT2D eigenvalue weighted by molar-refractivity contribution is -0.139. The van der Waals surface area contributed by atoms with Gasteiger partial charge in [0.1, 0.15) is 0 Å². The van der Waals surface area contributed by atoms with E-state index in [-0.39, 0.29) is 6.42 Å². The minimum absolute atomic E-state index is 0.148. The Morgan fingerprint density at radius 3 is 2.43 bits per heavy atom. The third kappa shape index (κ3) is 4.03. The summed E-state index contributed by atoms with van der Waals surface area (Å²) in [5.41, 5.74) is 0. The maximum Gasteiger partial charge on any atom is 0.303 e. The number of carbonyl (C=O) groups is 1. The fourth-order valence-corrected chi connectivity index (χ4v) is 1.61. The fraction of sp³-hybridized carbons (Fsp3) is 0.900. The maximum absolute atomic E-state index is 13.0. The first-order valence-corrected chi connectivity index (χ1v) is 5.09. The number of rotatable bonds is 6. The van der Waals surface area contributed by atoms with Crippen LogP contribution < -0.4 is 0 Å². The summed E-state index contributed by atoms with van der Waals surface area (Å²) in [5.74, 6) is -3.47. The molecule has 0 spiro atoms. The molecule has 0 bridgehead atoms. The largest absolute Gasteiger partial charge is 0.481 e. The van der Waals surface area contributed by atoms with E-state index in [1.807, 2.05) is 0 Å². The van der Waals surface area contributed by atoms with Gasteiger partial charge in [0, 0.05) is 12.8 Å². The zero-order valence-electron chi connectivity index (χ0n) is 8.14. The van der Waals surface area contributed by atoms with Gasteiger partial charge in [-0.1, -0.05) is 19.3 Å². The van der Waals surface area contributed by atoms with Crippen molar-refractivity contribution >= 4 is 5.97 Å². The first-order chi connectivity index (χ1) is 6.49. The topological polar surface area (TPSA) is 37.3 Å². The van der Waals surface area contributed by atoms with E-state index < -0.39 is 24.7 Å². The Bertz CT molecular complexity index is 200. The smallest absolute Gasteiger partial charge is 0.303 e. The highest BCUT2D eigenvalue weighted by Gasteiger charge is 2.31. The van der Waals surface area contributed by atoms with Gasteiger partial charge in [0.05, 0.1) is 6.42 Å². The highest BCUT2D eigenvalue weighted by molar-refractivity contribution is 5.66. The summed E-state index contributed by atoms with van der Waals surface area (Å²) >= 11 is 0. The first kappa shape index (κ1) is 11.4. The number of aliphatic carboxylic acids is 1. The van der Waals surface area contributed by atoms with Gasteiger partial charge < -0.3 is 5.11 Å². The Balaban J connectivity index is 2.14. The zero-order valence-corrected chi connectivity index (χ0v) is 8.14. The van der Waals surface area contributed by atoms with Gasteiger partial charge in [-0.2, -0.15) is 0 Å². The van der Waals surface area contributed by atoms with Gasteiger partial charge in [0.15, 0.2) is 0 Å². The van der Waals surface area contributed by atoms with E-state index in [4.69, 9.17) is 5.11 Å². The second kappa shape index (κ2) is 4.71. The minimum atomic E-state index is -2.78. The molecule has 1 fully saturated rings. The molecule has 0 heterocycles. The first-order valence-electron chi connectivity index (χ1n) is 5.09. The summed E-state index contributed by atoms with van der Waals surface area (Å²) in [6, 6.07) is 0. The zero-order chi connectivity index (χ0) is 10.6. The van der Waals surface area contributed by atoms with Crippen molar-refractivity contribution in [2.45, 2.75) is 50.9 Å². The quantitative estimate of drug-likeness (QED) is 0.725. The maximum atomic E-state index is 13.0. The van der Waals surface area contributed by atoms with E-state index in [2.05, 4.69) is 0 Å². The van der Waals surface area contributed by atoms with Crippen molar-refractivity contribution in [3.8, 4) is 0 Å². The molecule has 0 atom stereocenters. The molecule has 82 valence electrons. The lowest BCUT2D eigenvalue weighted by Gasteiger charge is -2.27. The molecule has 2 nitrogen and oxygen atoms in total. The van der Waals surface area contributed by atoms with Crippen LogP contribution >= 0.6 is 0 Å². The third-order valence-corrected chi connectivity index (χ3v) is 2.85. The summed E-state index contributed by atoms with van der Waals surface area (Å²) in [4.78, 5) is 10.1. The van der Waals surface area contributed by atoms with Crippen LogP contribution in [0.5, 0.6) is 0 Å². The van der Waals surface area contributed by atoms with Crippen molar-refractivity contribution in [1.29, 1.82) is 0 Å². The van der Waals surface area contributed by atoms with Crippen LogP contribution in [-0.2, 0) is 4.79 Å². The molecule has 0 unspecified atom stereocenters. The van der Waals surface area contributed by atoms with Crippen molar-refractivity contribution in [2.75, 3.05) is 0 Å². The van der Waals surface area contributed by atoms with Crippen molar-refractivity contribution in [2.24, 2.45) is 5.92 Å². The van der Waals surface area contributed by atoms with E-state index in [1.54, 1.807) is 0 Å². The van der Waals surface area contributed by atoms with Crippen molar-refractivity contribution < 1.29 is 18.7 Å². The average molecular weight is 206 g/mol. The van der Waals surface area contributed by atoms with Gasteiger partial charge >= 0.3 is 5.97 Å². The van der Waals surface area contributed by atoms with Gasteiger partial charge in [0.2, 0.25) is 5.92 Å². The lowest BCUT2D eigenvalue weighted by Crippen LogP contribution is -2.21. The normalized spacial score (nSPS) is 17.9. The molecule has 1 N–H and O–H groups in total. The molecule has 1 rings (SSSR count). The van der Waals surface area contributed by atoms with Crippen LogP contribution in [0.1, 0.15) is 44.9 Å². The molecule has 14 heavy (non-hydrogen) atoms. The summed E-state index contributed by atoms with van der Waals surface area (Å²) in [7, 11) is 0. The Hall–Kier alpha value is -0.670. The van der Waals surface area contributed by atoms with Gasteiger partial charge in [-0.3, -0.25) is 4.79 Å². The molecule has 0 aromatic carbocycles. The number of carboxylic acid groups (broad SMARTS) is 1. The van der Waals surface area contributed by atoms with Crippen LogP contribution in [0, 0.1) is 5.92 Å². The van der Waals surface area contributed by atoms with Crippen LogP contribution in [-0.4, -0.2) is 17.0 Å². The van der Waals surface area contributed by atoms with Crippen LogP contribution in [0.15, 0.2) is 0 Å². The Kier molecular flexibility index (Phi) is 3.84. The number of alkyl halides is 2. The molecule has 0 saturated heterocycles. The third-order valence-electron chi connectivity index (χ3n) is 2.85. The molecular weight excluding hydrogens is 190 g/mol. The van der Waals surface area contributed by atoms with Crippen LogP contribution in [0.3, 0.4) is 0 Å². The number of hydrogen-bond donors (Lipinski definition) is 1. The predicted octanol–water partition coefficient (Wildman–Crippen LogP) is 3.07. The van der Waals surface area contributed by atoms with E-state index >= 15 is 0 Å². The summed E-state index contributed by atoms with van der Waals surface area (Å²) < 4.78 is 26.1. The molecule has 0 radical (unpaired) electrons. The van der Waals surface area contributed by atoms with Crippen molar-refractivity contribution in [3.63, 3.8) is 0 Å². The minimum Gasteiger partial charge on any atom is -0.481 e. The Morgan fingerprint density at radius 1 is 1.36 bits per heavy atom. The van der Waals surface area contributed by atoms with E-state index in [1.165, 1.54) is 0 Å². The number of halogens is 2. The van der Waals surface area contributed by atoms with Gasteiger partial charge in [-0.05, 0) is 12.3 Å². The van der Waals surface area contributed by atoms with Gasteiger partial charge in [-0.25, -0.2) is 8.78 Å². The number of hydrogen-bond acceptors (Lipinski definition) is 1. The molecule has 0 aromatic heterocycles. The molecule has 0 aliphatic heterocycles. The second-order valence-electron chi connectivity index (χ2n) is 4.09. The van der Waals surface area contributed by atoms with Gasteiger partial charge in [-0.15, -0.1) is 0 Å². The predicted molar refractivity (Wildman–Crippen MR) is 48.4 cm³/mol. The Morgan fingerprint density at radius 2 is 2.00 bits per heavy atom. The van der Waals surface area contributed by atoms with Crippen molar-refractivity contribution in [3.05, 3.63) is 0 Å². The van der Waals surface area contributed by atoms with Crippen LogP contribution in [0.2, 0.25) is 0 Å². The number of carboxylic acids is 1. The van der Waals surface area contributed by atoms with Gasteiger partial charge in [0.25, 0.3) is 0 Å². The van der Waals surface area contributed by atoms with Crippen molar-refractivity contribution in [1.82, 2.24) is 0 Å². The van der Waals surface area contributed by atoms with E-state index in [9.17, 15) is 13.6 Å². The van der Waals surface area contributed by atoms with Crippen LogP contribution in [0.4, 0.5) is 8.78 Å². The Labute approximate surface area is 82.3 Å². The molecule has 0 aromatic rings. The standard InChI is InChI=1S/C10H16F2O2/c11-10(12,7-5-9(13)14)6-4-8-2-1-3-8/h8H,1-7H2,(H,13,14). The summed E-state index contributed by atoms with van der Waals surface area (Å²) in [5, 5.41) is 8.28. The molecule has 4 heteroatoms. The van der Waals surface area contributed by atoms with E-state index in [0.717, 1.165) is 19.3 Å². The summed E-state index contributed by atoms with van der Waals surface area (Å²) in [6.45, 7) is 0. The molecule has 0 amide bonds. The highest BCUT2D eigenvalue weighted by atomic mass is 19.3. The molecular formula is C10H16F2O2. The average Bonchev–Trinajstić information content (AvgIpc) is 1.98. The lowest BCUT2D eigenvalue weighted by atomic mass is 9.81. The monoisotopic (exact) mass is 206 g/mol. The second-order valence-corrected chi connectivity index (χ2v) is 4.09. The summed E-state index contributed by atoms with van der Waals surface area (Å²) in [6.07, 6.45) is 2.74. The molecule has 1 aliphatic carbocycles. The fourth-order valence-electron chi connectivity index (χ4n) is 1.61. The van der Waals surface area contributed by atoms with E-state index in [0.29, 0.717) is 12.3 Å². The van der Waals surface area contributed by atoms with Crippen LogP contribution in [0.25, 0.3) is 0 Å². The SMILES string of the molecule is O=C(O)CCC(F)(F)CCC1CCC1. The molecule has 1 saturated carbocycles. The molecule has 1 aliphatic rings. The highest BCUT2D eigenvalue weighted by Crippen LogP contribution is 2.35.